The maximum Gasteiger partial charge on any atom is 0.216 e. The molecule has 10 heteroatoms. The largest absolute Gasteiger partial charge is 0.493 e. The monoisotopic (exact) mass is 562 g/mol. The first-order valence-corrected chi connectivity index (χ1v) is 11.6. The molecule has 0 saturated heterocycles. The van der Waals surface area contributed by atoms with Crippen LogP contribution in [0.2, 0.25) is 10.0 Å². The van der Waals surface area contributed by atoms with Gasteiger partial charge in [-0.2, -0.15) is 14.9 Å². The number of hydrogen-bond acceptors (Lipinski definition) is 5. The SMILES string of the molecule is COc1cc(/C=N\n2c(-c3ccccc3)n[nH]c2=S)c(Br)cc1OCc1ccc(Cl)cc1Cl. The van der Waals surface area contributed by atoms with Crippen LogP contribution in [0.1, 0.15) is 11.1 Å². The lowest BCUT2D eigenvalue weighted by Crippen LogP contribution is -2.00. The molecule has 0 aliphatic carbocycles. The van der Waals surface area contributed by atoms with Crippen molar-refractivity contribution in [3.05, 3.63) is 91.1 Å². The van der Waals surface area contributed by atoms with Gasteiger partial charge >= 0.3 is 0 Å². The number of ether oxygens (including phenoxy) is 2. The maximum absolute atomic E-state index is 6.24. The summed E-state index contributed by atoms with van der Waals surface area (Å²) < 4.78 is 14.2. The van der Waals surface area contributed by atoms with Crippen LogP contribution in [0, 0.1) is 4.77 Å². The second-order valence-corrected chi connectivity index (χ2v) is 8.91. The molecule has 0 saturated carbocycles. The molecule has 6 nitrogen and oxygen atoms in total. The lowest BCUT2D eigenvalue weighted by molar-refractivity contribution is 0.284. The van der Waals surface area contributed by atoms with Gasteiger partial charge in [-0.15, -0.1) is 0 Å². The summed E-state index contributed by atoms with van der Waals surface area (Å²) >= 11 is 21.1. The van der Waals surface area contributed by atoms with Crippen molar-refractivity contribution in [3.63, 3.8) is 0 Å². The molecule has 0 spiro atoms. The molecule has 0 unspecified atom stereocenters. The summed E-state index contributed by atoms with van der Waals surface area (Å²) in [6, 6.07) is 18.6. The molecule has 3 aromatic carbocycles. The minimum atomic E-state index is 0.261. The first-order valence-electron chi connectivity index (χ1n) is 9.67. The molecule has 1 heterocycles. The number of nitrogens with zero attached hydrogens (tertiary/aromatic N) is 3. The van der Waals surface area contributed by atoms with Gasteiger partial charge in [-0.3, -0.25) is 0 Å². The van der Waals surface area contributed by atoms with Crippen LogP contribution in [-0.4, -0.2) is 28.2 Å². The van der Waals surface area contributed by atoms with Crippen molar-refractivity contribution < 1.29 is 9.47 Å². The van der Waals surface area contributed by atoms with Crippen molar-refractivity contribution >= 4 is 57.6 Å². The average molecular weight is 564 g/mol. The van der Waals surface area contributed by atoms with E-state index in [-0.39, 0.29) is 6.61 Å². The average Bonchev–Trinajstić information content (AvgIpc) is 3.18. The molecule has 0 bridgehead atoms. The van der Waals surface area contributed by atoms with Gasteiger partial charge in [0.15, 0.2) is 17.3 Å². The van der Waals surface area contributed by atoms with E-state index in [4.69, 9.17) is 44.9 Å². The van der Waals surface area contributed by atoms with E-state index < -0.39 is 0 Å². The van der Waals surface area contributed by atoms with E-state index in [2.05, 4.69) is 31.2 Å². The molecule has 33 heavy (non-hydrogen) atoms. The smallest absolute Gasteiger partial charge is 0.216 e. The third kappa shape index (κ3) is 5.47. The Morgan fingerprint density at radius 1 is 1.12 bits per heavy atom. The van der Waals surface area contributed by atoms with Crippen molar-refractivity contribution in [2.75, 3.05) is 7.11 Å². The summed E-state index contributed by atoms with van der Waals surface area (Å²) in [6.07, 6.45) is 1.67. The number of H-pyrrole nitrogens is 1. The van der Waals surface area contributed by atoms with E-state index in [9.17, 15) is 0 Å². The highest BCUT2D eigenvalue weighted by atomic mass is 79.9. The Bertz CT molecular complexity index is 1370. The minimum absolute atomic E-state index is 0.261. The highest BCUT2D eigenvalue weighted by molar-refractivity contribution is 9.10. The Morgan fingerprint density at radius 2 is 1.91 bits per heavy atom. The zero-order valence-corrected chi connectivity index (χ0v) is 21.2. The molecular formula is C23H17BrCl2N4O2S. The predicted molar refractivity (Wildman–Crippen MR) is 137 cm³/mol. The van der Waals surface area contributed by atoms with Crippen LogP contribution in [0.4, 0.5) is 0 Å². The van der Waals surface area contributed by atoms with E-state index in [0.717, 1.165) is 21.2 Å². The maximum atomic E-state index is 6.24. The molecule has 1 N–H and O–H groups in total. The number of methoxy groups -OCH3 is 1. The molecule has 0 amide bonds. The third-order valence-corrected chi connectivity index (χ3v) is 6.21. The van der Waals surface area contributed by atoms with Crippen LogP contribution in [-0.2, 0) is 6.61 Å². The fraction of sp³-hybridized carbons (Fsp3) is 0.0870. The van der Waals surface area contributed by atoms with Crippen LogP contribution in [0.5, 0.6) is 11.5 Å². The number of aromatic nitrogens is 3. The highest BCUT2D eigenvalue weighted by Crippen LogP contribution is 2.34. The normalized spacial score (nSPS) is 11.2. The zero-order valence-electron chi connectivity index (χ0n) is 17.3. The standard InChI is InChI=1S/C23H17BrCl2N4O2S/c1-31-20-9-16(12-27-30-22(28-29-23(30)33)14-5-3-2-4-6-14)18(24)11-21(20)32-13-15-7-8-17(25)10-19(15)26/h2-12H,13H2,1H3,(H,29,33)/b27-12-. The second-order valence-electron chi connectivity index (χ2n) is 6.82. The second kappa shape index (κ2) is 10.5. The molecule has 4 aromatic rings. The third-order valence-electron chi connectivity index (χ3n) is 4.68. The minimum Gasteiger partial charge on any atom is -0.493 e. The summed E-state index contributed by atoms with van der Waals surface area (Å²) in [5.74, 6) is 1.71. The van der Waals surface area contributed by atoms with Gasteiger partial charge < -0.3 is 9.47 Å². The van der Waals surface area contributed by atoms with Gasteiger partial charge in [-0.05, 0) is 52.4 Å². The van der Waals surface area contributed by atoms with Crippen LogP contribution >= 0.6 is 51.3 Å². The van der Waals surface area contributed by atoms with Crippen molar-refractivity contribution in [1.82, 2.24) is 14.9 Å². The fourth-order valence-electron chi connectivity index (χ4n) is 3.01. The van der Waals surface area contributed by atoms with Gasteiger partial charge in [-0.25, -0.2) is 5.10 Å². The van der Waals surface area contributed by atoms with Gasteiger partial charge in [0.25, 0.3) is 0 Å². The molecule has 0 radical (unpaired) electrons. The lowest BCUT2D eigenvalue weighted by atomic mass is 10.2. The first-order chi connectivity index (χ1) is 16.0. The number of benzene rings is 3. The Kier molecular flexibility index (Phi) is 7.49. The Labute approximate surface area is 213 Å². The summed E-state index contributed by atoms with van der Waals surface area (Å²) in [5.41, 5.74) is 2.47. The molecule has 4 rings (SSSR count). The van der Waals surface area contributed by atoms with E-state index in [1.54, 1.807) is 30.1 Å². The van der Waals surface area contributed by atoms with Gasteiger partial charge in [0.1, 0.15) is 6.61 Å². The summed E-state index contributed by atoms with van der Waals surface area (Å²) in [7, 11) is 1.58. The summed E-state index contributed by atoms with van der Waals surface area (Å²) in [6.45, 7) is 0.261. The number of halogens is 3. The first kappa shape index (κ1) is 23.5. The van der Waals surface area contributed by atoms with E-state index >= 15 is 0 Å². The number of rotatable bonds is 7. The van der Waals surface area contributed by atoms with Gasteiger partial charge in [0.2, 0.25) is 4.77 Å². The molecule has 0 aliphatic rings. The van der Waals surface area contributed by atoms with Crippen molar-refractivity contribution in [2.45, 2.75) is 6.61 Å². The van der Waals surface area contributed by atoms with Gasteiger partial charge in [0, 0.05) is 31.2 Å². The molecule has 0 atom stereocenters. The van der Waals surface area contributed by atoms with Gasteiger partial charge in [-0.1, -0.05) is 59.6 Å². The fourth-order valence-corrected chi connectivity index (χ4v) is 4.08. The van der Waals surface area contributed by atoms with E-state index in [1.165, 1.54) is 0 Å². The lowest BCUT2D eigenvalue weighted by Gasteiger charge is -2.13. The van der Waals surface area contributed by atoms with Crippen LogP contribution in [0.15, 0.2) is 70.2 Å². The summed E-state index contributed by atoms with van der Waals surface area (Å²) in [5, 5.41) is 12.7. The predicted octanol–water partition coefficient (Wildman–Crippen LogP) is 7.15. The van der Waals surface area contributed by atoms with Crippen molar-refractivity contribution in [1.29, 1.82) is 0 Å². The number of nitrogens with one attached hydrogen (secondary N) is 1. The van der Waals surface area contributed by atoms with Crippen LogP contribution < -0.4 is 9.47 Å². The Hall–Kier alpha value is -2.65. The van der Waals surface area contributed by atoms with Crippen LogP contribution in [0.25, 0.3) is 11.4 Å². The van der Waals surface area contributed by atoms with Gasteiger partial charge in [0.05, 0.1) is 13.3 Å². The molecule has 168 valence electrons. The van der Waals surface area contributed by atoms with Crippen molar-refractivity contribution in [3.8, 4) is 22.9 Å². The van der Waals surface area contributed by atoms with Crippen molar-refractivity contribution in [2.24, 2.45) is 5.10 Å². The molecule has 1 aromatic heterocycles. The Morgan fingerprint density at radius 3 is 2.64 bits per heavy atom. The van der Waals surface area contributed by atoms with Crippen LogP contribution in [0.3, 0.4) is 0 Å². The quantitative estimate of drug-likeness (QED) is 0.191. The topological polar surface area (TPSA) is 64.4 Å². The van der Waals surface area contributed by atoms with E-state index in [1.807, 2.05) is 48.5 Å². The number of aromatic amines is 1. The molecule has 0 fully saturated rings. The van der Waals surface area contributed by atoms with E-state index in [0.29, 0.717) is 32.1 Å². The highest BCUT2D eigenvalue weighted by Gasteiger charge is 2.12. The zero-order chi connectivity index (χ0) is 23.4. The Balaban J connectivity index is 1.60. The number of hydrogen-bond donors (Lipinski definition) is 1. The molecular weight excluding hydrogens is 547 g/mol. The molecule has 0 aliphatic heterocycles. The summed E-state index contributed by atoms with van der Waals surface area (Å²) in [4.78, 5) is 0.